The van der Waals surface area contributed by atoms with E-state index in [0.29, 0.717) is 5.92 Å². The highest BCUT2D eigenvalue weighted by atomic mass is 16.5. The maximum Gasteiger partial charge on any atom is 0.0593 e. The maximum atomic E-state index is 5.53. The summed E-state index contributed by atoms with van der Waals surface area (Å²) in [4.78, 5) is 2.34. The van der Waals surface area contributed by atoms with Gasteiger partial charge in [0.15, 0.2) is 0 Å². The fourth-order valence-corrected chi connectivity index (χ4v) is 1.61. The number of rotatable bonds is 10. The molecule has 0 amide bonds. The van der Waals surface area contributed by atoms with Crippen LogP contribution in [0.3, 0.4) is 0 Å². The van der Waals surface area contributed by atoms with Gasteiger partial charge in [-0.25, -0.2) is 0 Å². The van der Waals surface area contributed by atoms with Crippen molar-refractivity contribution in [2.45, 2.75) is 26.7 Å². The number of ether oxygens (including phenoxy) is 1. The molecule has 1 atom stereocenters. The topological polar surface area (TPSA) is 24.5 Å². The summed E-state index contributed by atoms with van der Waals surface area (Å²) in [5.74, 6) is 0.704. The van der Waals surface area contributed by atoms with Crippen LogP contribution in [0.1, 0.15) is 26.7 Å². The van der Waals surface area contributed by atoms with Crippen molar-refractivity contribution < 1.29 is 4.74 Å². The SMILES string of the molecule is CCCCOCCN(C)CC(C)CNC. The average Bonchev–Trinajstić information content (AvgIpc) is 2.17. The minimum absolute atomic E-state index is 0.704. The van der Waals surface area contributed by atoms with E-state index in [1.54, 1.807) is 0 Å². The molecule has 0 heterocycles. The number of unbranched alkanes of at least 4 members (excludes halogenated alkanes) is 1. The van der Waals surface area contributed by atoms with Gasteiger partial charge in [-0.2, -0.15) is 0 Å². The first kappa shape index (κ1) is 14.9. The lowest BCUT2D eigenvalue weighted by Crippen LogP contribution is -2.32. The third kappa shape index (κ3) is 10.2. The van der Waals surface area contributed by atoms with Gasteiger partial charge in [-0.3, -0.25) is 0 Å². The quantitative estimate of drug-likeness (QED) is 0.561. The Kier molecular flexibility index (Phi) is 10.3. The second-order valence-corrected chi connectivity index (χ2v) is 4.39. The highest BCUT2D eigenvalue weighted by Gasteiger charge is 2.04. The van der Waals surface area contributed by atoms with Crippen LogP contribution in [0.25, 0.3) is 0 Å². The predicted octanol–water partition coefficient (Wildman–Crippen LogP) is 1.59. The van der Waals surface area contributed by atoms with Crippen molar-refractivity contribution in [3.05, 3.63) is 0 Å². The number of nitrogens with zero attached hydrogens (tertiary/aromatic N) is 1. The lowest BCUT2D eigenvalue weighted by Gasteiger charge is -2.20. The molecule has 1 N–H and O–H groups in total. The second kappa shape index (κ2) is 10.4. The number of hydrogen-bond donors (Lipinski definition) is 1. The molecule has 3 nitrogen and oxygen atoms in total. The molecule has 0 aromatic carbocycles. The van der Waals surface area contributed by atoms with Gasteiger partial charge in [0.05, 0.1) is 6.61 Å². The first-order valence-electron chi connectivity index (χ1n) is 6.11. The van der Waals surface area contributed by atoms with Gasteiger partial charge in [-0.1, -0.05) is 20.3 Å². The molecule has 0 aromatic rings. The van der Waals surface area contributed by atoms with Gasteiger partial charge in [0.1, 0.15) is 0 Å². The molecule has 0 bridgehead atoms. The second-order valence-electron chi connectivity index (χ2n) is 4.39. The summed E-state index contributed by atoms with van der Waals surface area (Å²) in [5, 5.41) is 3.20. The van der Waals surface area contributed by atoms with Crippen molar-refractivity contribution >= 4 is 0 Å². The van der Waals surface area contributed by atoms with Gasteiger partial charge < -0.3 is 15.0 Å². The van der Waals surface area contributed by atoms with Crippen LogP contribution >= 0.6 is 0 Å². The number of nitrogens with one attached hydrogen (secondary N) is 1. The van der Waals surface area contributed by atoms with Crippen LogP contribution in [0.5, 0.6) is 0 Å². The molecule has 15 heavy (non-hydrogen) atoms. The molecule has 0 radical (unpaired) electrons. The normalized spacial score (nSPS) is 13.4. The minimum Gasteiger partial charge on any atom is -0.380 e. The fourth-order valence-electron chi connectivity index (χ4n) is 1.61. The van der Waals surface area contributed by atoms with Crippen LogP contribution in [0.4, 0.5) is 0 Å². The summed E-state index contributed by atoms with van der Waals surface area (Å²) >= 11 is 0. The Morgan fingerprint density at radius 1 is 1.33 bits per heavy atom. The molecule has 0 aliphatic carbocycles. The van der Waals surface area contributed by atoms with Gasteiger partial charge in [-0.05, 0) is 33.0 Å². The van der Waals surface area contributed by atoms with Crippen LogP contribution in [0, 0.1) is 5.92 Å². The Balaban J connectivity index is 3.28. The van der Waals surface area contributed by atoms with Gasteiger partial charge in [-0.15, -0.1) is 0 Å². The largest absolute Gasteiger partial charge is 0.380 e. The molecule has 3 heteroatoms. The molecule has 0 saturated heterocycles. The first-order chi connectivity index (χ1) is 7.20. The molecular weight excluding hydrogens is 188 g/mol. The summed E-state index contributed by atoms with van der Waals surface area (Å²) in [6.45, 7) is 9.50. The molecule has 0 aromatic heterocycles. The highest BCUT2D eigenvalue weighted by Crippen LogP contribution is 1.96. The van der Waals surface area contributed by atoms with Crippen molar-refractivity contribution in [1.29, 1.82) is 0 Å². The summed E-state index contributed by atoms with van der Waals surface area (Å²) in [5.41, 5.74) is 0. The summed E-state index contributed by atoms with van der Waals surface area (Å²) in [6.07, 6.45) is 2.40. The Labute approximate surface area is 95.2 Å². The van der Waals surface area contributed by atoms with Crippen LogP contribution in [-0.4, -0.2) is 51.8 Å². The van der Waals surface area contributed by atoms with Crippen molar-refractivity contribution in [3.63, 3.8) is 0 Å². The zero-order valence-corrected chi connectivity index (χ0v) is 10.9. The van der Waals surface area contributed by atoms with E-state index < -0.39 is 0 Å². The smallest absolute Gasteiger partial charge is 0.0593 e. The van der Waals surface area contributed by atoms with E-state index in [4.69, 9.17) is 4.74 Å². The van der Waals surface area contributed by atoms with E-state index in [1.165, 1.54) is 12.8 Å². The summed E-state index contributed by atoms with van der Waals surface area (Å²) in [6, 6.07) is 0. The van der Waals surface area contributed by atoms with E-state index in [1.807, 2.05) is 7.05 Å². The summed E-state index contributed by atoms with van der Waals surface area (Å²) in [7, 11) is 4.17. The molecule has 0 rings (SSSR count). The zero-order chi connectivity index (χ0) is 11.5. The van der Waals surface area contributed by atoms with Gasteiger partial charge in [0.2, 0.25) is 0 Å². The molecule has 0 saturated carbocycles. The Hall–Kier alpha value is -0.120. The van der Waals surface area contributed by atoms with Gasteiger partial charge >= 0.3 is 0 Å². The Bertz CT molecular complexity index is 131. The van der Waals surface area contributed by atoms with Gasteiger partial charge in [0, 0.05) is 19.7 Å². The van der Waals surface area contributed by atoms with Crippen LogP contribution in [0.2, 0.25) is 0 Å². The van der Waals surface area contributed by atoms with Crippen molar-refractivity contribution in [2.75, 3.05) is 46.9 Å². The molecule has 0 fully saturated rings. The summed E-state index contributed by atoms with van der Waals surface area (Å²) < 4.78 is 5.53. The monoisotopic (exact) mass is 216 g/mol. The lowest BCUT2D eigenvalue weighted by molar-refractivity contribution is 0.105. The van der Waals surface area contributed by atoms with Crippen LogP contribution in [-0.2, 0) is 4.74 Å². The average molecular weight is 216 g/mol. The first-order valence-corrected chi connectivity index (χ1v) is 6.11. The Morgan fingerprint density at radius 3 is 2.67 bits per heavy atom. The maximum absolute atomic E-state index is 5.53. The molecule has 0 aliphatic heterocycles. The minimum atomic E-state index is 0.704. The Morgan fingerprint density at radius 2 is 2.07 bits per heavy atom. The number of likely N-dealkylation sites (N-methyl/N-ethyl adjacent to an activating group) is 1. The van der Waals surface area contributed by atoms with E-state index in [-0.39, 0.29) is 0 Å². The molecular formula is C12H28N2O. The molecule has 0 spiro atoms. The van der Waals surface area contributed by atoms with Crippen molar-refractivity contribution in [2.24, 2.45) is 5.92 Å². The standard InChI is InChI=1S/C12H28N2O/c1-5-6-8-15-9-7-14(4)11-12(2)10-13-3/h12-13H,5-11H2,1-4H3. The third-order valence-electron chi connectivity index (χ3n) is 2.44. The highest BCUT2D eigenvalue weighted by molar-refractivity contribution is 4.60. The molecule has 1 unspecified atom stereocenters. The van der Waals surface area contributed by atoms with Crippen LogP contribution < -0.4 is 5.32 Å². The van der Waals surface area contributed by atoms with E-state index >= 15 is 0 Å². The van der Waals surface area contributed by atoms with E-state index in [9.17, 15) is 0 Å². The van der Waals surface area contributed by atoms with E-state index in [0.717, 1.165) is 32.8 Å². The predicted molar refractivity (Wildman–Crippen MR) is 66.3 cm³/mol. The molecule has 92 valence electrons. The van der Waals surface area contributed by atoms with Gasteiger partial charge in [0.25, 0.3) is 0 Å². The van der Waals surface area contributed by atoms with Crippen molar-refractivity contribution in [1.82, 2.24) is 10.2 Å². The fraction of sp³-hybridized carbons (Fsp3) is 1.00. The lowest BCUT2D eigenvalue weighted by atomic mass is 10.2. The zero-order valence-electron chi connectivity index (χ0n) is 10.9. The van der Waals surface area contributed by atoms with Crippen LogP contribution in [0.15, 0.2) is 0 Å². The van der Waals surface area contributed by atoms with E-state index in [2.05, 4.69) is 31.1 Å². The van der Waals surface area contributed by atoms with Crippen molar-refractivity contribution in [3.8, 4) is 0 Å². The third-order valence-corrected chi connectivity index (χ3v) is 2.44. The number of hydrogen-bond acceptors (Lipinski definition) is 3. The molecule has 0 aliphatic rings.